The molecule has 1 aromatic heterocycles. The molecule has 1 unspecified atom stereocenters. The van der Waals surface area contributed by atoms with Crippen LogP contribution in [0.25, 0.3) is 16.6 Å². The Morgan fingerprint density at radius 3 is 2.41 bits per heavy atom. The van der Waals surface area contributed by atoms with E-state index in [-0.39, 0.29) is 11.5 Å². The van der Waals surface area contributed by atoms with E-state index >= 15 is 0 Å². The van der Waals surface area contributed by atoms with Gasteiger partial charge in [0.25, 0.3) is 11.5 Å². The van der Waals surface area contributed by atoms with Crippen molar-refractivity contribution in [3.05, 3.63) is 103 Å². The number of para-hydroxylation sites is 1. The monoisotopic (exact) mass is 553 g/mol. The Balaban J connectivity index is 1.90. The number of benzene rings is 3. The molecular formula is C25H21Br2N3O2. The van der Waals surface area contributed by atoms with Crippen molar-refractivity contribution in [2.75, 3.05) is 6.54 Å². The third-order valence-corrected chi connectivity index (χ3v) is 6.42. The summed E-state index contributed by atoms with van der Waals surface area (Å²) in [6.07, 6.45) is 0. The zero-order valence-corrected chi connectivity index (χ0v) is 20.8. The number of fused-ring (bicyclic) bond motifs is 1. The van der Waals surface area contributed by atoms with Gasteiger partial charge in [-0.3, -0.25) is 14.2 Å². The number of hydrogen-bond donors (Lipinski definition) is 0. The van der Waals surface area contributed by atoms with E-state index in [1.54, 1.807) is 27.7 Å². The highest BCUT2D eigenvalue weighted by Gasteiger charge is 2.26. The molecule has 0 aliphatic heterocycles. The van der Waals surface area contributed by atoms with Crippen LogP contribution in [0.4, 0.5) is 0 Å². The molecule has 0 saturated carbocycles. The van der Waals surface area contributed by atoms with Gasteiger partial charge in [-0.15, -0.1) is 0 Å². The van der Waals surface area contributed by atoms with E-state index in [1.165, 1.54) is 0 Å². The minimum atomic E-state index is -0.438. The Bertz CT molecular complexity index is 1350. The van der Waals surface area contributed by atoms with Gasteiger partial charge < -0.3 is 4.90 Å². The number of amides is 1. The van der Waals surface area contributed by atoms with Gasteiger partial charge in [-0.2, -0.15) is 0 Å². The predicted octanol–water partition coefficient (Wildman–Crippen LogP) is 6.13. The highest BCUT2D eigenvalue weighted by Crippen LogP contribution is 2.25. The van der Waals surface area contributed by atoms with E-state index in [0.29, 0.717) is 34.5 Å². The Kier molecular flexibility index (Phi) is 6.58. The second-order valence-corrected chi connectivity index (χ2v) is 9.21. The smallest absolute Gasteiger partial charge is 0.266 e. The van der Waals surface area contributed by atoms with Crippen LogP contribution in [0.15, 0.2) is 86.5 Å². The van der Waals surface area contributed by atoms with Gasteiger partial charge >= 0.3 is 0 Å². The maximum atomic E-state index is 13.5. The van der Waals surface area contributed by atoms with E-state index in [9.17, 15) is 9.59 Å². The number of aromatic nitrogens is 2. The third-order valence-electron chi connectivity index (χ3n) is 5.40. The van der Waals surface area contributed by atoms with Gasteiger partial charge in [0.1, 0.15) is 5.82 Å². The number of halogens is 2. The first-order valence-electron chi connectivity index (χ1n) is 10.2. The van der Waals surface area contributed by atoms with Crippen LogP contribution in [-0.2, 0) is 0 Å². The number of rotatable bonds is 5. The van der Waals surface area contributed by atoms with Crippen molar-refractivity contribution in [1.82, 2.24) is 14.5 Å². The Morgan fingerprint density at radius 1 is 1.00 bits per heavy atom. The van der Waals surface area contributed by atoms with Crippen molar-refractivity contribution in [2.45, 2.75) is 19.9 Å². The van der Waals surface area contributed by atoms with Crippen LogP contribution >= 0.6 is 31.9 Å². The van der Waals surface area contributed by atoms with Gasteiger partial charge in [0.15, 0.2) is 0 Å². The number of carbonyl (C=O) groups is 1. The normalized spacial score (nSPS) is 12.0. The summed E-state index contributed by atoms with van der Waals surface area (Å²) in [6.45, 7) is 4.30. The molecule has 0 radical (unpaired) electrons. The lowest BCUT2D eigenvalue weighted by Crippen LogP contribution is -2.37. The van der Waals surface area contributed by atoms with Crippen molar-refractivity contribution in [3.8, 4) is 5.69 Å². The SMILES string of the molecule is CCN(C(=O)c1cccc(Br)c1)C(C)c1nc2ccccc2c(=O)n1-c1ccc(Br)cc1. The quantitative estimate of drug-likeness (QED) is 0.298. The maximum Gasteiger partial charge on any atom is 0.266 e. The second-order valence-electron chi connectivity index (χ2n) is 7.38. The van der Waals surface area contributed by atoms with E-state index in [2.05, 4.69) is 31.9 Å². The Hall–Kier alpha value is -2.77. The van der Waals surface area contributed by atoms with Crippen LogP contribution in [-0.4, -0.2) is 26.9 Å². The molecule has 0 fully saturated rings. The fraction of sp³-hybridized carbons (Fsp3) is 0.160. The van der Waals surface area contributed by atoms with Crippen molar-refractivity contribution >= 4 is 48.7 Å². The number of nitrogens with zero attached hydrogens (tertiary/aromatic N) is 3. The average molecular weight is 555 g/mol. The first-order valence-corrected chi connectivity index (χ1v) is 11.8. The average Bonchev–Trinajstić information content (AvgIpc) is 2.80. The molecule has 32 heavy (non-hydrogen) atoms. The minimum absolute atomic E-state index is 0.119. The molecular weight excluding hydrogens is 534 g/mol. The molecule has 0 bridgehead atoms. The van der Waals surface area contributed by atoms with E-state index < -0.39 is 6.04 Å². The molecule has 0 N–H and O–H groups in total. The zero-order valence-electron chi connectivity index (χ0n) is 17.6. The van der Waals surface area contributed by atoms with Crippen LogP contribution in [0.3, 0.4) is 0 Å². The van der Waals surface area contributed by atoms with Gasteiger partial charge in [-0.25, -0.2) is 4.98 Å². The summed E-state index contributed by atoms with van der Waals surface area (Å²) in [5.74, 6) is 0.396. The first-order chi connectivity index (χ1) is 15.4. The Labute approximate surface area is 203 Å². The minimum Gasteiger partial charge on any atom is -0.329 e. The largest absolute Gasteiger partial charge is 0.329 e. The molecule has 7 heteroatoms. The molecule has 162 valence electrons. The highest BCUT2D eigenvalue weighted by atomic mass is 79.9. The summed E-state index contributed by atoms with van der Waals surface area (Å²) in [6, 6.07) is 21.7. The summed E-state index contributed by atoms with van der Waals surface area (Å²) in [5.41, 5.74) is 1.72. The van der Waals surface area contributed by atoms with Crippen LogP contribution in [0.5, 0.6) is 0 Å². The molecule has 4 aromatic rings. The topological polar surface area (TPSA) is 55.2 Å². The fourth-order valence-corrected chi connectivity index (χ4v) is 4.45. The standard InChI is InChI=1S/C25H21Br2N3O2/c1-3-29(24(31)17-7-6-8-19(27)15-17)16(2)23-28-22-10-5-4-9-21(22)25(32)30(23)20-13-11-18(26)12-14-20/h4-16H,3H2,1-2H3. The predicted molar refractivity (Wildman–Crippen MR) is 134 cm³/mol. The van der Waals surface area contributed by atoms with Gasteiger partial charge in [-0.1, -0.05) is 50.1 Å². The summed E-state index contributed by atoms with van der Waals surface area (Å²) in [4.78, 5) is 33.5. The number of hydrogen-bond acceptors (Lipinski definition) is 3. The van der Waals surface area contributed by atoms with Crippen molar-refractivity contribution < 1.29 is 4.79 Å². The molecule has 0 aliphatic carbocycles. The lowest BCUT2D eigenvalue weighted by atomic mass is 10.1. The van der Waals surface area contributed by atoms with Crippen molar-refractivity contribution in [3.63, 3.8) is 0 Å². The van der Waals surface area contributed by atoms with Gasteiger partial charge in [-0.05, 0) is 68.4 Å². The van der Waals surface area contributed by atoms with Crippen LogP contribution in [0.2, 0.25) is 0 Å². The lowest BCUT2D eigenvalue weighted by molar-refractivity contribution is 0.0693. The maximum absolute atomic E-state index is 13.5. The second kappa shape index (κ2) is 9.38. The molecule has 3 aromatic carbocycles. The lowest BCUT2D eigenvalue weighted by Gasteiger charge is -2.29. The van der Waals surface area contributed by atoms with Crippen molar-refractivity contribution in [1.29, 1.82) is 0 Å². The Morgan fingerprint density at radius 2 is 1.72 bits per heavy atom. The first kappa shape index (κ1) is 22.4. The molecule has 0 spiro atoms. The molecule has 5 nitrogen and oxygen atoms in total. The van der Waals surface area contributed by atoms with Gasteiger partial charge in [0.05, 0.1) is 22.6 Å². The van der Waals surface area contributed by atoms with Crippen LogP contribution in [0.1, 0.15) is 36.1 Å². The van der Waals surface area contributed by atoms with Crippen molar-refractivity contribution in [2.24, 2.45) is 0 Å². The summed E-state index contributed by atoms with van der Waals surface area (Å²) in [7, 11) is 0. The van der Waals surface area contributed by atoms with E-state index in [0.717, 1.165) is 8.95 Å². The summed E-state index contributed by atoms with van der Waals surface area (Å²) >= 11 is 6.88. The van der Waals surface area contributed by atoms with Crippen LogP contribution < -0.4 is 5.56 Å². The van der Waals surface area contributed by atoms with Gasteiger partial charge in [0.2, 0.25) is 0 Å². The molecule has 4 rings (SSSR count). The highest BCUT2D eigenvalue weighted by molar-refractivity contribution is 9.10. The zero-order chi connectivity index (χ0) is 22.8. The molecule has 1 heterocycles. The number of carbonyl (C=O) groups excluding carboxylic acids is 1. The molecule has 0 saturated heterocycles. The summed E-state index contributed by atoms with van der Waals surface area (Å²) < 4.78 is 3.36. The molecule has 1 amide bonds. The molecule has 0 aliphatic rings. The molecule has 1 atom stereocenters. The van der Waals surface area contributed by atoms with Crippen LogP contribution in [0, 0.1) is 0 Å². The van der Waals surface area contributed by atoms with Gasteiger partial charge in [0, 0.05) is 21.1 Å². The van der Waals surface area contributed by atoms with E-state index in [4.69, 9.17) is 4.98 Å². The third kappa shape index (κ3) is 4.27. The van der Waals surface area contributed by atoms with E-state index in [1.807, 2.05) is 68.4 Å². The fourth-order valence-electron chi connectivity index (χ4n) is 3.79. The summed E-state index contributed by atoms with van der Waals surface area (Å²) in [5, 5.41) is 0.535.